The molecule has 1 aliphatic rings. The molecule has 2 amide bonds. The largest absolute Gasteiger partial charge is 0.495 e. The van der Waals surface area contributed by atoms with E-state index in [1.165, 1.54) is 0 Å². The van der Waals surface area contributed by atoms with E-state index in [1.54, 1.807) is 25.3 Å². The van der Waals surface area contributed by atoms with Crippen molar-refractivity contribution in [3.05, 3.63) is 23.2 Å². The van der Waals surface area contributed by atoms with Crippen LogP contribution in [0.25, 0.3) is 0 Å². The van der Waals surface area contributed by atoms with Crippen LogP contribution < -0.4 is 15.4 Å². The fourth-order valence-electron chi connectivity index (χ4n) is 3.23. The Morgan fingerprint density at radius 3 is 2.31 bits per heavy atom. The number of carbonyl (C=O) groups is 2. The van der Waals surface area contributed by atoms with Crippen molar-refractivity contribution >= 4 is 29.1 Å². The Kier molecular flexibility index (Phi) is 7.76. The Balaban J connectivity index is 1.79. The Morgan fingerprint density at radius 2 is 1.77 bits per heavy atom. The molecule has 6 heteroatoms. The first-order chi connectivity index (χ1) is 12.4. The van der Waals surface area contributed by atoms with Crippen molar-refractivity contribution in [2.24, 2.45) is 17.8 Å². The lowest BCUT2D eigenvalue weighted by Gasteiger charge is -2.27. The molecular formula is C20H29ClN2O3. The first-order valence-electron chi connectivity index (χ1n) is 9.32. The molecule has 1 aromatic rings. The highest BCUT2D eigenvalue weighted by Gasteiger charge is 2.29. The third kappa shape index (κ3) is 5.90. The summed E-state index contributed by atoms with van der Waals surface area (Å²) in [6.07, 6.45) is 3.98. The zero-order valence-electron chi connectivity index (χ0n) is 15.8. The van der Waals surface area contributed by atoms with Gasteiger partial charge in [-0.25, -0.2) is 0 Å². The van der Waals surface area contributed by atoms with Crippen molar-refractivity contribution < 1.29 is 14.3 Å². The molecule has 0 heterocycles. The summed E-state index contributed by atoms with van der Waals surface area (Å²) in [7, 11) is 1.55. The molecule has 2 rings (SSSR count). The Labute approximate surface area is 160 Å². The smallest absolute Gasteiger partial charge is 0.227 e. The van der Waals surface area contributed by atoms with Crippen LogP contribution in [0.3, 0.4) is 0 Å². The molecule has 0 bridgehead atoms. The van der Waals surface area contributed by atoms with Gasteiger partial charge in [0.05, 0.1) is 12.1 Å². The molecule has 1 saturated carbocycles. The van der Waals surface area contributed by atoms with Crippen LogP contribution in [0.5, 0.6) is 5.75 Å². The van der Waals surface area contributed by atoms with Gasteiger partial charge in [-0.3, -0.25) is 9.59 Å². The molecule has 1 aromatic carbocycles. The average Bonchev–Trinajstić information content (AvgIpc) is 2.61. The molecule has 0 aliphatic heterocycles. The molecule has 0 atom stereocenters. The van der Waals surface area contributed by atoms with Crippen LogP contribution >= 0.6 is 11.6 Å². The lowest BCUT2D eigenvalue weighted by molar-refractivity contribution is -0.128. The fourth-order valence-corrected chi connectivity index (χ4v) is 3.49. The van der Waals surface area contributed by atoms with E-state index in [9.17, 15) is 9.59 Å². The van der Waals surface area contributed by atoms with Crippen LogP contribution in [0.2, 0.25) is 5.02 Å². The summed E-state index contributed by atoms with van der Waals surface area (Å²) in [6.45, 7) is 5.02. The van der Waals surface area contributed by atoms with Crippen LogP contribution in [-0.2, 0) is 9.59 Å². The van der Waals surface area contributed by atoms with Crippen LogP contribution in [-0.4, -0.2) is 25.5 Å². The van der Waals surface area contributed by atoms with Gasteiger partial charge >= 0.3 is 0 Å². The van der Waals surface area contributed by atoms with Gasteiger partial charge in [0.25, 0.3) is 0 Å². The van der Waals surface area contributed by atoms with E-state index in [1.807, 2.05) is 0 Å². The van der Waals surface area contributed by atoms with Gasteiger partial charge in [0, 0.05) is 24.1 Å². The molecule has 26 heavy (non-hydrogen) atoms. The molecule has 0 spiro atoms. The SMILES string of the molecule is COc1ccc(NC(=O)C2CCC(C(=O)NCCC(C)C)CC2)cc1Cl. The van der Waals surface area contributed by atoms with Crippen molar-refractivity contribution in [1.82, 2.24) is 5.32 Å². The minimum atomic E-state index is -0.0596. The summed E-state index contributed by atoms with van der Waals surface area (Å²) in [6, 6.07) is 5.19. The number of anilines is 1. The quantitative estimate of drug-likeness (QED) is 0.742. The van der Waals surface area contributed by atoms with Gasteiger partial charge in [0.1, 0.15) is 5.75 Å². The third-order valence-corrected chi connectivity index (χ3v) is 5.20. The van der Waals surface area contributed by atoms with E-state index in [2.05, 4.69) is 24.5 Å². The highest BCUT2D eigenvalue weighted by atomic mass is 35.5. The number of methoxy groups -OCH3 is 1. The zero-order chi connectivity index (χ0) is 19.1. The second-order valence-electron chi connectivity index (χ2n) is 7.36. The van der Waals surface area contributed by atoms with Crippen LogP contribution in [0.15, 0.2) is 18.2 Å². The molecule has 0 aromatic heterocycles. The van der Waals surface area contributed by atoms with Crippen LogP contribution in [0.4, 0.5) is 5.69 Å². The molecule has 144 valence electrons. The highest BCUT2D eigenvalue weighted by molar-refractivity contribution is 6.32. The normalized spacial score (nSPS) is 19.9. The first-order valence-corrected chi connectivity index (χ1v) is 9.70. The van der Waals surface area contributed by atoms with Crippen molar-refractivity contribution in [1.29, 1.82) is 0 Å². The summed E-state index contributed by atoms with van der Waals surface area (Å²) < 4.78 is 5.11. The summed E-state index contributed by atoms with van der Waals surface area (Å²) in [4.78, 5) is 24.7. The number of halogens is 1. The predicted molar refractivity (Wildman–Crippen MR) is 105 cm³/mol. The molecule has 2 N–H and O–H groups in total. The molecule has 0 radical (unpaired) electrons. The van der Waals surface area contributed by atoms with Crippen molar-refractivity contribution in [3.63, 3.8) is 0 Å². The maximum atomic E-state index is 12.5. The number of hydrogen-bond donors (Lipinski definition) is 2. The molecule has 1 fully saturated rings. The fraction of sp³-hybridized carbons (Fsp3) is 0.600. The number of ether oxygens (including phenoxy) is 1. The van der Waals surface area contributed by atoms with Gasteiger partial charge in [-0.1, -0.05) is 25.4 Å². The predicted octanol–water partition coefficient (Wildman–Crippen LogP) is 4.26. The minimum absolute atomic E-state index is 0.00935. The van der Waals surface area contributed by atoms with E-state index in [-0.39, 0.29) is 23.7 Å². The van der Waals surface area contributed by atoms with Crippen LogP contribution in [0, 0.1) is 17.8 Å². The lowest BCUT2D eigenvalue weighted by atomic mass is 9.81. The average molecular weight is 381 g/mol. The summed E-state index contributed by atoms with van der Waals surface area (Å²) in [5.41, 5.74) is 0.661. The molecule has 0 saturated heterocycles. The number of amides is 2. The third-order valence-electron chi connectivity index (χ3n) is 4.91. The van der Waals surface area contributed by atoms with Gasteiger partial charge in [0.15, 0.2) is 0 Å². The molecular weight excluding hydrogens is 352 g/mol. The van der Waals surface area contributed by atoms with Crippen molar-refractivity contribution in [2.45, 2.75) is 46.0 Å². The maximum Gasteiger partial charge on any atom is 0.227 e. The molecule has 5 nitrogen and oxygen atoms in total. The van der Waals surface area contributed by atoms with Crippen molar-refractivity contribution in [2.75, 3.05) is 19.0 Å². The number of hydrogen-bond acceptors (Lipinski definition) is 3. The van der Waals surface area contributed by atoms with Gasteiger partial charge < -0.3 is 15.4 Å². The second kappa shape index (κ2) is 9.81. The van der Waals surface area contributed by atoms with Crippen molar-refractivity contribution in [3.8, 4) is 5.75 Å². The summed E-state index contributed by atoms with van der Waals surface area (Å²) in [5.74, 6) is 1.25. The standard InChI is InChI=1S/C20H29ClN2O3/c1-13(2)10-11-22-19(24)14-4-6-15(7-5-14)20(25)23-16-8-9-18(26-3)17(21)12-16/h8-9,12-15H,4-7,10-11H2,1-3H3,(H,22,24)(H,23,25). The lowest BCUT2D eigenvalue weighted by Crippen LogP contribution is -2.36. The van der Waals surface area contributed by atoms with Gasteiger partial charge in [-0.2, -0.15) is 0 Å². The topological polar surface area (TPSA) is 67.4 Å². The Hall–Kier alpha value is -1.75. The van der Waals surface area contributed by atoms with E-state index in [0.717, 1.165) is 38.6 Å². The van der Waals surface area contributed by atoms with E-state index in [0.29, 0.717) is 22.4 Å². The number of benzene rings is 1. The maximum absolute atomic E-state index is 12.5. The monoisotopic (exact) mass is 380 g/mol. The minimum Gasteiger partial charge on any atom is -0.495 e. The highest BCUT2D eigenvalue weighted by Crippen LogP contribution is 2.31. The summed E-state index contributed by atoms with van der Waals surface area (Å²) in [5, 5.41) is 6.40. The van der Waals surface area contributed by atoms with E-state index >= 15 is 0 Å². The summed E-state index contributed by atoms with van der Waals surface area (Å²) >= 11 is 6.09. The Morgan fingerprint density at radius 1 is 1.15 bits per heavy atom. The van der Waals surface area contributed by atoms with E-state index < -0.39 is 0 Å². The van der Waals surface area contributed by atoms with E-state index in [4.69, 9.17) is 16.3 Å². The van der Waals surface area contributed by atoms with Gasteiger partial charge in [-0.15, -0.1) is 0 Å². The number of rotatable bonds is 7. The number of nitrogens with one attached hydrogen (secondary N) is 2. The van der Waals surface area contributed by atoms with Gasteiger partial charge in [-0.05, 0) is 56.2 Å². The zero-order valence-corrected chi connectivity index (χ0v) is 16.6. The van der Waals surface area contributed by atoms with Crippen LogP contribution in [0.1, 0.15) is 46.0 Å². The second-order valence-corrected chi connectivity index (χ2v) is 7.77. The first kappa shape index (κ1) is 20.6. The molecule has 0 unspecified atom stereocenters. The van der Waals surface area contributed by atoms with Gasteiger partial charge in [0.2, 0.25) is 11.8 Å². The number of carbonyl (C=O) groups excluding carboxylic acids is 2. The molecule has 1 aliphatic carbocycles. The Bertz CT molecular complexity index is 625.